The third kappa shape index (κ3) is 3.76. The third-order valence-electron chi connectivity index (χ3n) is 13.9. The first-order chi connectivity index (χ1) is 27.3. The lowest BCUT2D eigenvalue weighted by atomic mass is 9.70. The van der Waals surface area contributed by atoms with Gasteiger partial charge in [0.15, 0.2) is 0 Å². The summed E-state index contributed by atoms with van der Waals surface area (Å²) in [6, 6.07) is 66.8. The maximum absolute atomic E-state index is 2.61. The smallest absolute Gasteiger partial charge is 0.0726 e. The summed E-state index contributed by atoms with van der Waals surface area (Å²) in [5.41, 5.74) is 24.5. The molecular weight excluding hydrogens is 675 g/mol. The average Bonchev–Trinajstić information content (AvgIpc) is 3.87. The molecule has 0 atom stereocenters. The van der Waals surface area contributed by atoms with Gasteiger partial charge in [-0.2, -0.15) is 0 Å². The molecule has 4 aliphatic rings. The molecule has 1 nitrogen and oxygen atoms in total. The zero-order chi connectivity index (χ0) is 37.6. The average molecular weight is 716 g/mol. The molecule has 0 unspecified atom stereocenters. The Bertz CT molecular complexity index is 2820. The highest BCUT2D eigenvalue weighted by atomic mass is 15.1. The largest absolute Gasteiger partial charge is 0.309 e. The molecule has 0 aromatic heterocycles. The van der Waals surface area contributed by atoms with Gasteiger partial charge in [-0.3, -0.25) is 0 Å². The van der Waals surface area contributed by atoms with Crippen molar-refractivity contribution in [3.63, 3.8) is 0 Å². The van der Waals surface area contributed by atoms with E-state index in [1.165, 1.54) is 106 Å². The number of nitrogens with zero attached hydrogens (tertiary/aromatic N) is 1. The molecule has 0 saturated carbocycles. The minimum Gasteiger partial charge on any atom is -0.309 e. The van der Waals surface area contributed by atoms with E-state index in [0.717, 1.165) is 0 Å². The standard InChI is InChI=1S/C55H41N/c1-53(2)41-22-10-8-20-39(41)51-46(53)27-15-29-49(51)56(50-30-16-28-47-52(50)40-21-9-11-23-42(40)54(47,3)4)34-31-32-38-37-19-7-14-26-45(37)55(48(38)33-34)43-24-12-5-17-35(43)36-18-6-13-25-44(36)55/h5-33H,1-4H3. The monoisotopic (exact) mass is 715 g/mol. The Morgan fingerprint density at radius 3 is 1.11 bits per heavy atom. The van der Waals surface area contributed by atoms with Crippen LogP contribution in [0.15, 0.2) is 176 Å². The number of hydrogen-bond acceptors (Lipinski definition) is 1. The fourth-order valence-electron chi connectivity index (χ4n) is 11.5. The van der Waals surface area contributed by atoms with Gasteiger partial charge in [0.1, 0.15) is 0 Å². The summed E-state index contributed by atoms with van der Waals surface area (Å²) in [6.45, 7) is 9.54. The highest BCUT2D eigenvalue weighted by Crippen LogP contribution is 2.64. The van der Waals surface area contributed by atoms with Gasteiger partial charge < -0.3 is 4.90 Å². The molecule has 56 heavy (non-hydrogen) atoms. The van der Waals surface area contributed by atoms with Gasteiger partial charge in [-0.05, 0) is 102 Å². The van der Waals surface area contributed by atoms with Crippen LogP contribution in [0, 0.1) is 0 Å². The summed E-state index contributed by atoms with van der Waals surface area (Å²) in [6.07, 6.45) is 0. The van der Waals surface area contributed by atoms with Crippen LogP contribution in [-0.4, -0.2) is 0 Å². The number of fused-ring (bicyclic) bond motifs is 16. The van der Waals surface area contributed by atoms with Gasteiger partial charge in [-0.15, -0.1) is 0 Å². The number of rotatable bonds is 3. The Morgan fingerprint density at radius 2 is 0.661 bits per heavy atom. The van der Waals surface area contributed by atoms with Crippen molar-refractivity contribution < 1.29 is 0 Å². The van der Waals surface area contributed by atoms with E-state index in [9.17, 15) is 0 Å². The van der Waals surface area contributed by atoms with Gasteiger partial charge in [-0.25, -0.2) is 0 Å². The Hall–Kier alpha value is -6.44. The first kappa shape index (κ1) is 31.9. The van der Waals surface area contributed by atoms with Crippen LogP contribution >= 0.6 is 0 Å². The van der Waals surface area contributed by atoms with Crippen LogP contribution in [0.4, 0.5) is 17.1 Å². The zero-order valence-electron chi connectivity index (χ0n) is 32.2. The number of anilines is 3. The predicted molar refractivity (Wildman–Crippen MR) is 233 cm³/mol. The lowest BCUT2D eigenvalue weighted by Gasteiger charge is -2.34. The molecule has 8 aromatic carbocycles. The van der Waals surface area contributed by atoms with E-state index in [1.54, 1.807) is 0 Å². The third-order valence-corrected chi connectivity index (χ3v) is 13.9. The van der Waals surface area contributed by atoms with Crippen molar-refractivity contribution in [1.82, 2.24) is 0 Å². The topological polar surface area (TPSA) is 3.24 Å². The molecule has 0 amide bonds. The highest BCUT2D eigenvalue weighted by Gasteiger charge is 2.52. The summed E-state index contributed by atoms with van der Waals surface area (Å²) in [7, 11) is 0. The summed E-state index contributed by atoms with van der Waals surface area (Å²) in [5.74, 6) is 0. The number of hydrogen-bond donors (Lipinski definition) is 0. The Labute approximate surface area is 329 Å². The molecule has 0 saturated heterocycles. The lowest BCUT2D eigenvalue weighted by Crippen LogP contribution is -2.26. The summed E-state index contributed by atoms with van der Waals surface area (Å²) >= 11 is 0. The molecule has 0 heterocycles. The summed E-state index contributed by atoms with van der Waals surface area (Å²) in [5, 5.41) is 0. The second kappa shape index (κ2) is 10.9. The fourth-order valence-corrected chi connectivity index (χ4v) is 11.5. The van der Waals surface area contributed by atoms with Crippen molar-refractivity contribution in [2.75, 3.05) is 4.90 Å². The second-order valence-corrected chi connectivity index (χ2v) is 17.2. The van der Waals surface area contributed by atoms with Crippen LogP contribution in [0.5, 0.6) is 0 Å². The maximum atomic E-state index is 2.61. The molecule has 266 valence electrons. The van der Waals surface area contributed by atoms with E-state index in [0.29, 0.717) is 0 Å². The SMILES string of the molecule is CC1(C)c2ccccc2-c2c(N(c3ccc4c(c3)C3(c5ccccc5-c5ccccc53)c3ccccc3-4)c3cccc4c3-c3ccccc3C4(C)C)cccc21. The van der Waals surface area contributed by atoms with Crippen LogP contribution in [0.2, 0.25) is 0 Å². The van der Waals surface area contributed by atoms with Gasteiger partial charge in [0.2, 0.25) is 0 Å². The molecule has 1 spiro atoms. The summed E-state index contributed by atoms with van der Waals surface area (Å²) in [4.78, 5) is 2.61. The van der Waals surface area contributed by atoms with Gasteiger partial charge in [-0.1, -0.05) is 179 Å². The van der Waals surface area contributed by atoms with Crippen molar-refractivity contribution in [2.24, 2.45) is 0 Å². The van der Waals surface area contributed by atoms with E-state index in [-0.39, 0.29) is 10.8 Å². The van der Waals surface area contributed by atoms with E-state index >= 15 is 0 Å². The molecule has 1 heteroatoms. The maximum Gasteiger partial charge on any atom is 0.0726 e. The minimum atomic E-state index is -0.429. The molecule has 0 radical (unpaired) electrons. The van der Waals surface area contributed by atoms with Crippen molar-refractivity contribution >= 4 is 17.1 Å². The van der Waals surface area contributed by atoms with Crippen molar-refractivity contribution in [1.29, 1.82) is 0 Å². The Balaban J connectivity index is 1.20. The van der Waals surface area contributed by atoms with E-state index in [1.807, 2.05) is 0 Å². The van der Waals surface area contributed by atoms with Gasteiger partial charge >= 0.3 is 0 Å². The second-order valence-electron chi connectivity index (χ2n) is 17.2. The molecule has 8 aromatic rings. The molecule has 4 aliphatic carbocycles. The summed E-state index contributed by atoms with van der Waals surface area (Å²) < 4.78 is 0. The fraction of sp³-hybridized carbons (Fsp3) is 0.127. The Kier molecular flexibility index (Phi) is 6.18. The lowest BCUT2D eigenvalue weighted by molar-refractivity contribution is 0.660. The quantitative estimate of drug-likeness (QED) is 0.176. The molecule has 0 aliphatic heterocycles. The van der Waals surface area contributed by atoms with E-state index in [4.69, 9.17) is 0 Å². The van der Waals surface area contributed by atoms with Crippen molar-refractivity contribution in [3.05, 3.63) is 220 Å². The minimum absolute atomic E-state index is 0.123. The van der Waals surface area contributed by atoms with E-state index in [2.05, 4.69) is 209 Å². The molecular formula is C55H41N. The Morgan fingerprint density at radius 1 is 0.304 bits per heavy atom. The van der Waals surface area contributed by atoms with E-state index < -0.39 is 5.41 Å². The van der Waals surface area contributed by atoms with Crippen LogP contribution in [-0.2, 0) is 16.2 Å². The molecule has 0 N–H and O–H groups in total. The van der Waals surface area contributed by atoms with Gasteiger partial charge in [0, 0.05) is 27.6 Å². The first-order valence-corrected chi connectivity index (χ1v) is 20.0. The van der Waals surface area contributed by atoms with Crippen LogP contribution in [0.3, 0.4) is 0 Å². The van der Waals surface area contributed by atoms with Crippen LogP contribution in [0.1, 0.15) is 72.2 Å². The number of benzene rings is 8. The normalized spacial score (nSPS) is 15.9. The molecule has 0 bridgehead atoms. The van der Waals surface area contributed by atoms with Crippen LogP contribution < -0.4 is 4.90 Å². The van der Waals surface area contributed by atoms with Crippen LogP contribution in [0.25, 0.3) is 44.5 Å². The predicted octanol–water partition coefficient (Wildman–Crippen LogP) is 14.1. The highest BCUT2D eigenvalue weighted by molar-refractivity contribution is 6.02. The molecule has 12 rings (SSSR count). The van der Waals surface area contributed by atoms with Gasteiger partial charge in [0.25, 0.3) is 0 Å². The van der Waals surface area contributed by atoms with Crippen molar-refractivity contribution in [3.8, 4) is 44.5 Å². The first-order valence-electron chi connectivity index (χ1n) is 20.0. The molecule has 0 fully saturated rings. The zero-order valence-corrected chi connectivity index (χ0v) is 32.2. The van der Waals surface area contributed by atoms with Crippen molar-refractivity contribution in [2.45, 2.75) is 43.9 Å². The van der Waals surface area contributed by atoms with Gasteiger partial charge in [0.05, 0.1) is 16.8 Å².